The Labute approximate surface area is 303 Å². The molecule has 0 saturated carbocycles. The lowest BCUT2D eigenvalue weighted by Crippen LogP contribution is -2.50. The number of H-pyrrole nitrogens is 2. The lowest BCUT2D eigenvalue weighted by Gasteiger charge is -2.22. The van der Waals surface area contributed by atoms with Crippen molar-refractivity contribution in [3.63, 3.8) is 0 Å². The molecule has 6 N–H and O–H groups in total. The van der Waals surface area contributed by atoms with E-state index in [-0.39, 0.29) is 23.7 Å². The lowest BCUT2D eigenvalue weighted by atomic mass is 10.0. The highest BCUT2D eigenvalue weighted by molar-refractivity contribution is 5.86. The third-order valence-electron chi connectivity index (χ3n) is 8.29. The van der Waals surface area contributed by atoms with Crippen molar-refractivity contribution in [1.82, 2.24) is 41.2 Å². The van der Waals surface area contributed by atoms with Gasteiger partial charge in [0.05, 0.1) is 50.1 Å². The fourth-order valence-electron chi connectivity index (χ4n) is 5.20. The van der Waals surface area contributed by atoms with Crippen molar-refractivity contribution in [1.29, 1.82) is 0 Å². The molecule has 0 unspecified atom stereocenters. The Bertz CT molecular complexity index is 1770. The van der Waals surface area contributed by atoms with Crippen LogP contribution in [0.15, 0.2) is 60.9 Å². The normalized spacial score (nSPS) is 13.2. The number of aromatic nitrogens is 4. The topological polar surface area (TPSA) is 192 Å². The lowest BCUT2D eigenvalue weighted by molar-refractivity contribution is -0.125. The Morgan fingerprint density at radius 1 is 0.577 bits per heavy atom. The number of ether oxygens (including phenoxy) is 2. The van der Waals surface area contributed by atoms with Gasteiger partial charge < -0.3 is 40.7 Å². The SMILES string of the molecule is COC(=O)N[C@@H](C(=O)N[C@@H](C)c1ncc(-c2ccc(C#Cc3ccc(-c4cnc([C@H](C)NC(=O)[C@H](NC(=O)OC)C(C)C)[nH]4)cc3)cc2)[nH]1)C(C)C. The summed E-state index contributed by atoms with van der Waals surface area (Å²) < 4.78 is 9.29. The number of methoxy groups -OCH3 is 2. The molecule has 0 spiro atoms. The predicted octanol–water partition coefficient (Wildman–Crippen LogP) is 4.98. The highest BCUT2D eigenvalue weighted by atomic mass is 16.5. The fraction of sp³-hybridized carbons (Fsp3) is 0.368. The molecule has 4 atom stereocenters. The summed E-state index contributed by atoms with van der Waals surface area (Å²) in [5, 5.41) is 10.9. The van der Waals surface area contributed by atoms with Crippen molar-refractivity contribution in [3.8, 4) is 34.4 Å². The third-order valence-corrected chi connectivity index (χ3v) is 8.29. The van der Waals surface area contributed by atoms with Gasteiger partial charge in [-0.3, -0.25) is 9.59 Å². The van der Waals surface area contributed by atoms with E-state index < -0.39 is 36.4 Å². The van der Waals surface area contributed by atoms with Crippen LogP contribution in [0.25, 0.3) is 22.5 Å². The van der Waals surface area contributed by atoms with Crippen molar-refractivity contribution in [2.45, 2.75) is 65.7 Å². The van der Waals surface area contributed by atoms with Gasteiger partial charge in [0, 0.05) is 11.1 Å². The van der Waals surface area contributed by atoms with E-state index in [1.54, 1.807) is 12.4 Å². The Morgan fingerprint density at radius 2 is 0.923 bits per heavy atom. The molecule has 52 heavy (non-hydrogen) atoms. The van der Waals surface area contributed by atoms with E-state index in [1.165, 1.54) is 14.2 Å². The van der Waals surface area contributed by atoms with Crippen LogP contribution in [0.5, 0.6) is 0 Å². The van der Waals surface area contributed by atoms with Crippen LogP contribution >= 0.6 is 0 Å². The minimum Gasteiger partial charge on any atom is -0.453 e. The largest absolute Gasteiger partial charge is 0.453 e. The van der Waals surface area contributed by atoms with Crippen LogP contribution in [0, 0.1) is 23.7 Å². The number of nitrogens with one attached hydrogen (secondary N) is 6. The second-order valence-electron chi connectivity index (χ2n) is 12.9. The molecule has 14 heteroatoms. The van der Waals surface area contributed by atoms with Gasteiger partial charge in [-0.2, -0.15) is 0 Å². The van der Waals surface area contributed by atoms with Crippen molar-refractivity contribution in [3.05, 3.63) is 83.7 Å². The zero-order valence-electron chi connectivity index (χ0n) is 30.6. The molecule has 2 aromatic carbocycles. The Kier molecular flexibility index (Phi) is 13.2. The number of carbonyl (C=O) groups excluding carboxylic acids is 4. The number of hydrogen-bond donors (Lipinski definition) is 6. The molecule has 0 aliphatic rings. The molecule has 0 aliphatic carbocycles. The van der Waals surface area contributed by atoms with Crippen molar-refractivity contribution >= 4 is 24.0 Å². The third kappa shape index (κ3) is 10.2. The molecule has 0 radical (unpaired) electrons. The summed E-state index contributed by atoms with van der Waals surface area (Å²) in [4.78, 5) is 64.4. The standard InChI is InChI=1S/C38H46N8O6/c1-21(2)31(45-37(49)51-7)35(47)41-23(5)33-39-19-29(43-33)27-15-11-25(12-16-27)9-10-26-13-17-28(18-14-26)30-20-40-34(44-30)24(6)42-36(48)32(22(3)4)46-38(50)52-8/h11-24,31-32H,1-8H3,(H,39,43)(H,40,44)(H,41,47)(H,42,48)(H,45,49)(H,46,50)/t23-,24-,31+,32+/m0/s1. The average molecular weight is 711 g/mol. The van der Waals surface area contributed by atoms with E-state index in [1.807, 2.05) is 90.1 Å². The number of hydrogen-bond acceptors (Lipinski definition) is 8. The first kappa shape index (κ1) is 38.7. The molecule has 0 saturated heterocycles. The first-order chi connectivity index (χ1) is 24.8. The number of benzene rings is 2. The van der Waals surface area contributed by atoms with Gasteiger partial charge in [0.25, 0.3) is 0 Å². The van der Waals surface area contributed by atoms with Crippen LogP contribution in [0.3, 0.4) is 0 Å². The van der Waals surface area contributed by atoms with Gasteiger partial charge in [-0.15, -0.1) is 0 Å². The van der Waals surface area contributed by atoms with Crippen LogP contribution in [-0.4, -0.2) is 70.2 Å². The van der Waals surface area contributed by atoms with E-state index >= 15 is 0 Å². The number of carbonyl (C=O) groups is 4. The van der Waals surface area contributed by atoms with Gasteiger partial charge in [-0.1, -0.05) is 63.8 Å². The smallest absolute Gasteiger partial charge is 0.407 e. The maximum absolute atomic E-state index is 12.8. The second kappa shape index (κ2) is 17.7. The monoisotopic (exact) mass is 710 g/mol. The minimum atomic E-state index is -0.750. The molecular weight excluding hydrogens is 664 g/mol. The molecule has 0 bridgehead atoms. The second-order valence-corrected chi connectivity index (χ2v) is 12.9. The molecule has 2 aromatic heterocycles. The van der Waals surface area contributed by atoms with E-state index in [4.69, 9.17) is 0 Å². The average Bonchev–Trinajstić information content (AvgIpc) is 3.83. The number of amides is 4. The van der Waals surface area contributed by atoms with Gasteiger partial charge in [0.1, 0.15) is 23.7 Å². The molecule has 4 aromatic rings. The number of imidazole rings is 2. The van der Waals surface area contributed by atoms with Gasteiger partial charge in [0.15, 0.2) is 0 Å². The summed E-state index contributed by atoms with van der Waals surface area (Å²) in [6.07, 6.45) is 2.08. The highest BCUT2D eigenvalue weighted by Gasteiger charge is 2.28. The summed E-state index contributed by atoms with van der Waals surface area (Å²) >= 11 is 0. The first-order valence-electron chi connectivity index (χ1n) is 16.9. The van der Waals surface area contributed by atoms with Gasteiger partial charge >= 0.3 is 12.2 Å². The zero-order valence-corrected chi connectivity index (χ0v) is 30.6. The van der Waals surface area contributed by atoms with Gasteiger partial charge in [-0.05, 0) is 61.1 Å². The number of rotatable bonds is 12. The van der Waals surface area contributed by atoms with Crippen LogP contribution in [-0.2, 0) is 19.1 Å². The highest BCUT2D eigenvalue weighted by Crippen LogP contribution is 2.22. The zero-order chi connectivity index (χ0) is 37.9. The Hall–Kier alpha value is -6.10. The van der Waals surface area contributed by atoms with E-state index in [2.05, 4.69) is 62.5 Å². The van der Waals surface area contributed by atoms with Gasteiger partial charge in [0.2, 0.25) is 11.8 Å². The summed E-state index contributed by atoms with van der Waals surface area (Å²) in [5.41, 5.74) is 5.06. The summed E-state index contributed by atoms with van der Waals surface area (Å²) in [6, 6.07) is 13.1. The molecule has 0 aliphatic heterocycles. The Balaban J connectivity index is 1.34. The summed E-state index contributed by atoms with van der Waals surface area (Å²) in [5.74, 6) is 6.59. The van der Waals surface area contributed by atoms with Gasteiger partial charge in [-0.25, -0.2) is 19.6 Å². The first-order valence-corrected chi connectivity index (χ1v) is 16.9. The van der Waals surface area contributed by atoms with Crippen LogP contribution in [0.4, 0.5) is 9.59 Å². The van der Waals surface area contributed by atoms with Crippen LogP contribution in [0.2, 0.25) is 0 Å². The molecule has 274 valence electrons. The maximum Gasteiger partial charge on any atom is 0.407 e. The molecule has 0 fully saturated rings. The quantitative estimate of drug-likeness (QED) is 0.111. The number of alkyl carbamates (subject to hydrolysis) is 2. The molecule has 4 rings (SSSR count). The van der Waals surface area contributed by atoms with E-state index in [0.29, 0.717) is 11.6 Å². The van der Waals surface area contributed by atoms with Crippen molar-refractivity contribution in [2.75, 3.05) is 14.2 Å². The van der Waals surface area contributed by atoms with Crippen molar-refractivity contribution in [2.24, 2.45) is 11.8 Å². The summed E-state index contributed by atoms with van der Waals surface area (Å²) in [7, 11) is 2.50. The van der Waals surface area contributed by atoms with Crippen molar-refractivity contribution < 1.29 is 28.7 Å². The fourth-order valence-corrected chi connectivity index (χ4v) is 5.20. The summed E-state index contributed by atoms with van der Waals surface area (Å²) in [6.45, 7) is 11.0. The van der Waals surface area contributed by atoms with Crippen LogP contribution in [0.1, 0.15) is 76.4 Å². The Morgan fingerprint density at radius 3 is 1.23 bits per heavy atom. The maximum atomic E-state index is 12.8. The number of aromatic amines is 2. The molecule has 4 amide bonds. The van der Waals surface area contributed by atoms with E-state index in [0.717, 1.165) is 33.6 Å². The molecule has 14 nitrogen and oxygen atoms in total. The number of nitrogens with zero attached hydrogens (tertiary/aromatic N) is 2. The molecular formula is C38H46N8O6. The predicted molar refractivity (Wildman–Crippen MR) is 195 cm³/mol. The van der Waals surface area contributed by atoms with E-state index in [9.17, 15) is 19.2 Å². The van der Waals surface area contributed by atoms with Crippen LogP contribution < -0.4 is 21.3 Å². The molecule has 2 heterocycles. The minimum absolute atomic E-state index is 0.142.